The SMILES string of the molecule is COCC(NC(=O)COc1ccc(N)cc1)C(C)C. The molecule has 1 atom stereocenters. The predicted molar refractivity (Wildman–Crippen MR) is 75.0 cm³/mol. The zero-order chi connectivity index (χ0) is 14.3. The van der Waals surface area contributed by atoms with Gasteiger partial charge in [0.05, 0.1) is 12.6 Å². The molecule has 0 heterocycles. The number of anilines is 1. The average molecular weight is 266 g/mol. The number of benzene rings is 1. The summed E-state index contributed by atoms with van der Waals surface area (Å²) in [6.45, 7) is 4.54. The zero-order valence-corrected chi connectivity index (χ0v) is 11.7. The molecular weight excluding hydrogens is 244 g/mol. The Labute approximate surface area is 114 Å². The van der Waals surface area contributed by atoms with E-state index in [4.69, 9.17) is 15.2 Å². The smallest absolute Gasteiger partial charge is 0.258 e. The van der Waals surface area contributed by atoms with Crippen LogP contribution in [0, 0.1) is 5.92 Å². The van der Waals surface area contributed by atoms with Gasteiger partial charge in [-0.1, -0.05) is 13.8 Å². The highest BCUT2D eigenvalue weighted by atomic mass is 16.5. The summed E-state index contributed by atoms with van der Waals surface area (Å²) >= 11 is 0. The summed E-state index contributed by atoms with van der Waals surface area (Å²) in [5.74, 6) is 0.769. The van der Waals surface area contributed by atoms with E-state index in [0.717, 1.165) is 0 Å². The Kier molecular flexibility index (Phi) is 6.15. The lowest BCUT2D eigenvalue weighted by molar-refractivity contribution is -0.124. The third-order valence-corrected chi connectivity index (χ3v) is 2.75. The van der Waals surface area contributed by atoms with Crippen molar-refractivity contribution in [2.45, 2.75) is 19.9 Å². The number of nitrogens with one attached hydrogen (secondary N) is 1. The van der Waals surface area contributed by atoms with Crippen LogP contribution in [0.15, 0.2) is 24.3 Å². The number of carbonyl (C=O) groups excluding carboxylic acids is 1. The molecule has 1 amide bonds. The molecule has 1 unspecified atom stereocenters. The minimum Gasteiger partial charge on any atom is -0.484 e. The molecule has 0 saturated carbocycles. The molecule has 19 heavy (non-hydrogen) atoms. The van der Waals surface area contributed by atoms with Gasteiger partial charge in [0.15, 0.2) is 6.61 Å². The monoisotopic (exact) mass is 266 g/mol. The van der Waals surface area contributed by atoms with Crippen LogP contribution in [0.2, 0.25) is 0 Å². The van der Waals surface area contributed by atoms with Gasteiger partial charge in [-0.15, -0.1) is 0 Å². The number of amides is 1. The lowest BCUT2D eigenvalue weighted by Gasteiger charge is -2.21. The molecule has 5 nitrogen and oxygen atoms in total. The second-order valence-corrected chi connectivity index (χ2v) is 4.73. The van der Waals surface area contributed by atoms with Crippen molar-refractivity contribution >= 4 is 11.6 Å². The Hall–Kier alpha value is -1.75. The molecule has 0 aliphatic rings. The number of methoxy groups -OCH3 is 1. The van der Waals surface area contributed by atoms with Crippen LogP contribution < -0.4 is 15.8 Å². The van der Waals surface area contributed by atoms with Gasteiger partial charge in [0.2, 0.25) is 0 Å². The van der Waals surface area contributed by atoms with Crippen LogP contribution in [0.3, 0.4) is 0 Å². The first-order valence-corrected chi connectivity index (χ1v) is 6.29. The molecule has 0 radical (unpaired) electrons. The number of nitrogens with two attached hydrogens (primary N) is 1. The van der Waals surface area contributed by atoms with Gasteiger partial charge in [0.25, 0.3) is 5.91 Å². The Morgan fingerprint density at radius 3 is 2.47 bits per heavy atom. The Morgan fingerprint density at radius 2 is 1.95 bits per heavy atom. The largest absolute Gasteiger partial charge is 0.484 e. The molecule has 0 fully saturated rings. The van der Waals surface area contributed by atoms with Crippen molar-refractivity contribution in [1.29, 1.82) is 0 Å². The highest BCUT2D eigenvalue weighted by Gasteiger charge is 2.16. The topological polar surface area (TPSA) is 73.6 Å². The van der Waals surface area contributed by atoms with Crippen molar-refractivity contribution < 1.29 is 14.3 Å². The normalized spacial score (nSPS) is 12.2. The van der Waals surface area contributed by atoms with E-state index in [2.05, 4.69) is 5.32 Å². The second kappa shape index (κ2) is 7.63. The Morgan fingerprint density at radius 1 is 1.32 bits per heavy atom. The predicted octanol–water partition coefficient (Wildman–Crippen LogP) is 1.43. The summed E-state index contributed by atoms with van der Waals surface area (Å²) < 4.78 is 10.4. The van der Waals surface area contributed by atoms with Crippen LogP contribution in [-0.2, 0) is 9.53 Å². The van der Waals surface area contributed by atoms with Crippen molar-refractivity contribution in [3.63, 3.8) is 0 Å². The number of rotatable bonds is 7. The molecule has 0 aromatic heterocycles. The molecule has 1 rings (SSSR count). The van der Waals surface area contributed by atoms with Gasteiger partial charge in [-0.25, -0.2) is 0 Å². The maximum atomic E-state index is 11.8. The Bertz CT molecular complexity index is 390. The zero-order valence-electron chi connectivity index (χ0n) is 11.7. The molecule has 106 valence electrons. The summed E-state index contributed by atoms with van der Waals surface area (Å²) in [5, 5.41) is 2.89. The number of nitrogen functional groups attached to an aromatic ring is 1. The lowest BCUT2D eigenvalue weighted by Crippen LogP contribution is -2.43. The summed E-state index contributed by atoms with van der Waals surface area (Å²) in [5.41, 5.74) is 6.23. The minimum atomic E-state index is -0.160. The highest BCUT2D eigenvalue weighted by Crippen LogP contribution is 2.12. The Balaban J connectivity index is 2.40. The summed E-state index contributed by atoms with van der Waals surface area (Å²) in [6.07, 6.45) is 0. The van der Waals surface area contributed by atoms with Crippen LogP contribution in [0.4, 0.5) is 5.69 Å². The molecule has 0 aliphatic heterocycles. The van der Waals surface area contributed by atoms with Crippen LogP contribution >= 0.6 is 0 Å². The van der Waals surface area contributed by atoms with Crippen molar-refractivity contribution in [2.24, 2.45) is 5.92 Å². The van der Waals surface area contributed by atoms with Crippen LogP contribution in [0.5, 0.6) is 5.75 Å². The van der Waals surface area contributed by atoms with E-state index in [0.29, 0.717) is 24.0 Å². The fourth-order valence-electron chi connectivity index (χ4n) is 1.54. The van der Waals surface area contributed by atoms with Gasteiger partial charge in [0, 0.05) is 12.8 Å². The maximum absolute atomic E-state index is 11.8. The number of carbonyl (C=O) groups is 1. The van der Waals surface area contributed by atoms with Crippen molar-refractivity contribution in [3.05, 3.63) is 24.3 Å². The van der Waals surface area contributed by atoms with Gasteiger partial charge in [-0.05, 0) is 30.2 Å². The van der Waals surface area contributed by atoms with Gasteiger partial charge < -0.3 is 20.5 Å². The number of hydrogen-bond donors (Lipinski definition) is 2. The first-order valence-electron chi connectivity index (χ1n) is 6.29. The fraction of sp³-hybridized carbons (Fsp3) is 0.500. The summed E-state index contributed by atoms with van der Waals surface area (Å²) in [7, 11) is 1.62. The molecule has 0 aliphatic carbocycles. The van der Waals surface area contributed by atoms with Gasteiger partial charge in [-0.2, -0.15) is 0 Å². The third kappa shape index (κ3) is 5.61. The van der Waals surface area contributed by atoms with Crippen molar-refractivity contribution in [2.75, 3.05) is 26.1 Å². The fourth-order valence-corrected chi connectivity index (χ4v) is 1.54. The first-order chi connectivity index (χ1) is 9.02. The standard InChI is InChI=1S/C14H22N2O3/c1-10(2)13(8-18-3)16-14(17)9-19-12-6-4-11(15)5-7-12/h4-7,10,13H,8-9,15H2,1-3H3,(H,16,17). The molecule has 0 bridgehead atoms. The highest BCUT2D eigenvalue weighted by molar-refractivity contribution is 5.77. The van der Waals surface area contributed by atoms with E-state index in [1.807, 2.05) is 13.8 Å². The van der Waals surface area contributed by atoms with Crippen LogP contribution in [0.1, 0.15) is 13.8 Å². The van der Waals surface area contributed by atoms with Gasteiger partial charge in [-0.3, -0.25) is 4.79 Å². The van der Waals surface area contributed by atoms with Crippen molar-refractivity contribution in [3.8, 4) is 5.75 Å². The summed E-state index contributed by atoms with van der Waals surface area (Å²) in [4.78, 5) is 11.8. The maximum Gasteiger partial charge on any atom is 0.258 e. The second-order valence-electron chi connectivity index (χ2n) is 4.73. The molecule has 3 N–H and O–H groups in total. The van der Waals surface area contributed by atoms with Crippen molar-refractivity contribution in [1.82, 2.24) is 5.32 Å². The van der Waals surface area contributed by atoms with Gasteiger partial charge in [0.1, 0.15) is 5.75 Å². The number of ether oxygens (including phenoxy) is 2. The van der Waals surface area contributed by atoms with E-state index in [1.165, 1.54) is 0 Å². The average Bonchev–Trinajstić information content (AvgIpc) is 2.37. The van der Waals surface area contributed by atoms with Gasteiger partial charge >= 0.3 is 0 Å². The molecular formula is C14H22N2O3. The van der Waals surface area contributed by atoms with E-state index in [1.54, 1.807) is 31.4 Å². The van der Waals surface area contributed by atoms with Crippen LogP contribution in [-0.4, -0.2) is 32.3 Å². The first kappa shape index (κ1) is 15.3. The molecule has 0 saturated heterocycles. The minimum absolute atomic E-state index is 0.00693. The molecule has 5 heteroatoms. The lowest BCUT2D eigenvalue weighted by atomic mass is 10.1. The van der Waals surface area contributed by atoms with E-state index < -0.39 is 0 Å². The van der Waals surface area contributed by atoms with E-state index >= 15 is 0 Å². The molecule has 0 spiro atoms. The molecule has 1 aromatic rings. The quantitative estimate of drug-likeness (QED) is 0.732. The van der Waals surface area contributed by atoms with E-state index in [-0.39, 0.29) is 18.6 Å². The third-order valence-electron chi connectivity index (χ3n) is 2.75. The number of hydrogen-bond acceptors (Lipinski definition) is 4. The van der Waals surface area contributed by atoms with E-state index in [9.17, 15) is 4.79 Å². The van der Waals surface area contributed by atoms with Crippen LogP contribution in [0.25, 0.3) is 0 Å². The molecule has 1 aromatic carbocycles. The summed E-state index contributed by atoms with van der Waals surface area (Å²) in [6, 6.07) is 6.92.